The lowest BCUT2D eigenvalue weighted by Gasteiger charge is -2.40. The van der Waals surface area contributed by atoms with Crippen LogP contribution in [0.25, 0.3) is 0 Å². The second-order valence-electron chi connectivity index (χ2n) is 12.8. The molecule has 3 rings (SSSR count). The molecule has 0 aromatic heterocycles. The van der Waals surface area contributed by atoms with E-state index in [9.17, 15) is 9.59 Å². The molecule has 4 heteroatoms. The Labute approximate surface area is 243 Å². The summed E-state index contributed by atoms with van der Waals surface area (Å²) < 4.78 is 12.2. The Morgan fingerprint density at radius 3 is 1.98 bits per heavy atom. The minimum atomic E-state index is -0.452. The second-order valence-corrected chi connectivity index (χ2v) is 12.8. The zero-order valence-electron chi connectivity index (χ0n) is 26.3. The molecule has 0 spiro atoms. The third-order valence-electron chi connectivity index (χ3n) is 9.29. The molecular weight excluding hydrogens is 496 g/mol. The van der Waals surface area contributed by atoms with Gasteiger partial charge in [-0.05, 0) is 87.0 Å². The normalized spacial score (nSPS) is 16.2. The number of carbonyl (C=O) groups excluding carboxylic acids is 2. The van der Waals surface area contributed by atoms with Crippen molar-refractivity contribution in [2.45, 2.75) is 118 Å². The summed E-state index contributed by atoms with van der Waals surface area (Å²) in [4.78, 5) is 26.7. The van der Waals surface area contributed by atoms with Crippen molar-refractivity contribution in [3.63, 3.8) is 0 Å². The molecular formula is C36H52O4. The summed E-state index contributed by atoms with van der Waals surface area (Å²) in [7, 11) is 0. The van der Waals surface area contributed by atoms with Gasteiger partial charge in [-0.1, -0.05) is 77.8 Å². The van der Waals surface area contributed by atoms with Crippen LogP contribution < -0.4 is 9.47 Å². The zero-order chi connectivity index (χ0) is 29.5. The van der Waals surface area contributed by atoms with Gasteiger partial charge in [-0.25, -0.2) is 0 Å². The van der Waals surface area contributed by atoms with Crippen LogP contribution in [0.5, 0.6) is 11.5 Å². The standard InChI is InChI=1S/C36H52O4/c1-9-39-32-22-28(23-33(40-10-2)34(32)25(3)4)26(5)30(31(38)24-36(27(6)37)20-15-21-36)18-14-19-35(7,8)29-16-12-11-13-17-29/h11-13,16-17,22-23,25-26,30H,9-10,14-15,18-21,24H2,1-8H3/t26-,30?/m1/s1. The first-order chi connectivity index (χ1) is 19.0. The highest BCUT2D eigenvalue weighted by atomic mass is 16.5. The first kappa shape index (κ1) is 31.9. The fourth-order valence-corrected chi connectivity index (χ4v) is 6.44. The topological polar surface area (TPSA) is 52.6 Å². The van der Waals surface area contributed by atoms with Gasteiger partial charge in [0.1, 0.15) is 23.1 Å². The van der Waals surface area contributed by atoms with E-state index in [-0.39, 0.29) is 34.7 Å². The Hall–Kier alpha value is -2.62. The monoisotopic (exact) mass is 548 g/mol. The Morgan fingerprint density at radius 1 is 0.950 bits per heavy atom. The summed E-state index contributed by atoms with van der Waals surface area (Å²) in [6, 6.07) is 14.9. The summed E-state index contributed by atoms with van der Waals surface area (Å²) in [5, 5.41) is 0. The fraction of sp³-hybridized carbons (Fsp3) is 0.611. The number of rotatable bonds is 16. The second kappa shape index (κ2) is 13.8. The molecule has 0 saturated heterocycles. The Bertz CT molecular complexity index is 1100. The van der Waals surface area contributed by atoms with Crippen LogP contribution in [-0.4, -0.2) is 24.8 Å². The highest BCUT2D eigenvalue weighted by Gasteiger charge is 2.44. The van der Waals surface area contributed by atoms with Crippen molar-refractivity contribution >= 4 is 11.6 Å². The van der Waals surface area contributed by atoms with Crippen molar-refractivity contribution in [2.75, 3.05) is 13.2 Å². The molecule has 4 nitrogen and oxygen atoms in total. The summed E-state index contributed by atoms with van der Waals surface area (Å²) in [6.45, 7) is 17.9. The van der Waals surface area contributed by atoms with Crippen LogP contribution in [0.15, 0.2) is 42.5 Å². The number of Topliss-reactive ketones (excluding diaryl/α,β-unsaturated/α-hetero) is 2. The van der Waals surface area contributed by atoms with Crippen molar-refractivity contribution < 1.29 is 19.1 Å². The lowest BCUT2D eigenvalue weighted by atomic mass is 9.62. The molecule has 1 unspecified atom stereocenters. The SMILES string of the molecule is CCOc1cc([C@@H](C)C(CCCC(C)(C)c2ccccc2)C(=O)CC2(C(C)=O)CCC2)cc(OCC)c1C(C)C. The van der Waals surface area contributed by atoms with E-state index in [0.717, 1.165) is 61.2 Å². The fourth-order valence-electron chi connectivity index (χ4n) is 6.44. The maximum absolute atomic E-state index is 14.1. The van der Waals surface area contributed by atoms with Gasteiger partial charge in [0.2, 0.25) is 0 Å². The molecule has 220 valence electrons. The maximum Gasteiger partial charge on any atom is 0.137 e. The summed E-state index contributed by atoms with van der Waals surface area (Å²) in [6.07, 6.45) is 5.79. The predicted octanol–water partition coefficient (Wildman–Crippen LogP) is 9.19. The smallest absolute Gasteiger partial charge is 0.137 e. The van der Waals surface area contributed by atoms with E-state index in [1.165, 1.54) is 5.56 Å². The average molecular weight is 549 g/mol. The molecule has 0 radical (unpaired) electrons. The van der Waals surface area contributed by atoms with Gasteiger partial charge >= 0.3 is 0 Å². The molecule has 2 aromatic carbocycles. The lowest BCUT2D eigenvalue weighted by molar-refractivity contribution is -0.139. The Kier molecular flexibility index (Phi) is 11.0. The van der Waals surface area contributed by atoms with E-state index in [1.54, 1.807) is 6.92 Å². The van der Waals surface area contributed by atoms with Crippen LogP contribution in [0.2, 0.25) is 0 Å². The van der Waals surface area contributed by atoms with Crippen molar-refractivity contribution in [3.8, 4) is 11.5 Å². The predicted molar refractivity (Wildman–Crippen MR) is 165 cm³/mol. The van der Waals surface area contributed by atoms with Gasteiger partial charge in [0.15, 0.2) is 0 Å². The third-order valence-corrected chi connectivity index (χ3v) is 9.29. The van der Waals surface area contributed by atoms with Gasteiger partial charge in [0, 0.05) is 23.3 Å². The van der Waals surface area contributed by atoms with Crippen LogP contribution in [0.1, 0.15) is 129 Å². The molecule has 0 heterocycles. The minimum Gasteiger partial charge on any atom is -0.493 e. The number of ether oxygens (including phenoxy) is 2. The number of ketones is 2. The molecule has 2 atom stereocenters. The zero-order valence-corrected chi connectivity index (χ0v) is 26.3. The van der Waals surface area contributed by atoms with Gasteiger partial charge in [0.05, 0.1) is 13.2 Å². The van der Waals surface area contributed by atoms with E-state index >= 15 is 0 Å². The van der Waals surface area contributed by atoms with E-state index in [4.69, 9.17) is 9.47 Å². The molecule has 40 heavy (non-hydrogen) atoms. The van der Waals surface area contributed by atoms with Gasteiger partial charge in [-0.15, -0.1) is 0 Å². The molecule has 0 aliphatic heterocycles. The molecule has 0 bridgehead atoms. The minimum absolute atomic E-state index is 0.0175. The molecule has 1 saturated carbocycles. The number of hydrogen-bond donors (Lipinski definition) is 0. The van der Waals surface area contributed by atoms with E-state index in [2.05, 4.69) is 77.1 Å². The largest absolute Gasteiger partial charge is 0.493 e. The molecule has 1 fully saturated rings. The van der Waals surface area contributed by atoms with Gasteiger partial charge < -0.3 is 9.47 Å². The highest BCUT2D eigenvalue weighted by Crippen LogP contribution is 2.47. The first-order valence-electron chi connectivity index (χ1n) is 15.5. The Morgan fingerprint density at radius 2 is 1.52 bits per heavy atom. The number of benzene rings is 2. The van der Waals surface area contributed by atoms with Crippen LogP contribution >= 0.6 is 0 Å². The first-order valence-corrected chi connectivity index (χ1v) is 15.5. The number of carbonyl (C=O) groups is 2. The molecule has 1 aliphatic carbocycles. The summed E-state index contributed by atoms with van der Waals surface area (Å²) >= 11 is 0. The summed E-state index contributed by atoms with van der Waals surface area (Å²) in [5.74, 6) is 2.15. The quantitative estimate of drug-likeness (QED) is 0.210. The molecule has 0 amide bonds. The van der Waals surface area contributed by atoms with Gasteiger partial charge in [-0.2, -0.15) is 0 Å². The molecule has 2 aromatic rings. The van der Waals surface area contributed by atoms with Crippen molar-refractivity contribution in [3.05, 3.63) is 59.2 Å². The van der Waals surface area contributed by atoms with E-state index in [0.29, 0.717) is 19.6 Å². The highest BCUT2D eigenvalue weighted by molar-refractivity contribution is 5.91. The molecule has 0 N–H and O–H groups in total. The Balaban J connectivity index is 1.93. The van der Waals surface area contributed by atoms with Crippen LogP contribution in [0.4, 0.5) is 0 Å². The van der Waals surface area contributed by atoms with Crippen LogP contribution in [0, 0.1) is 11.3 Å². The third kappa shape index (κ3) is 7.36. The van der Waals surface area contributed by atoms with Crippen LogP contribution in [0.3, 0.4) is 0 Å². The van der Waals surface area contributed by atoms with Crippen LogP contribution in [-0.2, 0) is 15.0 Å². The van der Waals surface area contributed by atoms with E-state index < -0.39 is 5.41 Å². The lowest BCUT2D eigenvalue weighted by Crippen LogP contribution is -2.40. The van der Waals surface area contributed by atoms with Gasteiger partial charge in [0.25, 0.3) is 0 Å². The van der Waals surface area contributed by atoms with E-state index in [1.807, 2.05) is 13.8 Å². The number of hydrogen-bond acceptors (Lipinski definition) is 4. The van der Waals surface area contributed by atoms with Gasteiger partial charge in [-0.3, -0.25) is 9.59 Å². The van der Waals surface area contributed by atoms with Crippen molar-refractivity contribution in [1.29, 1.82) is 0 Å². The van der Waals surface area contributed by atoms with Crippen molar-refractivity contribution in [1.82, 2.24) is 0 Å². The molecule has 1 aliphatic rings. The average Bonchev–Trinajstić information content (AvgIpc) is 2.88. The maximum atomic E-state index is 14.1. The summed E-state index contributed by atoms with van der Waals surface area (Å²) in [5.41, 5.74) is 3.05. The van der Waals surface area contributed by atoms with Crippen molar-refractivity contribution in [2.24, 2.45) is 11.3 Å².